The van der Waals surface area contributed by atoms with E-state index in [9.17, 15) is 13.6 Å². The molecule has 0 atom stereocenters. The third kappa shape index (κ3) is 2.85. The summed E-state index contributed by atoms with van der Waals surface area (Å²) in [5.74, 6) is -1.26. The molecular formula is C15H13F2NO. The van der Waals surface area contributed by atoms with E-state index in [1.165, 1.54) is 36.4 Å². The first-order valence-electron chi connectivity index (χ1n) is 5.91. The maximum Gasteiger partial charge on any atom is 0.164 e. The van der Waals surface area contributed by atoms with Crippen molar-refractivity contribution in [2.45, 2.75) is 6.42 Å². The van der Waals surface area contributed by atoms with Crippen LogP contribution in [0.15, 0.2) is 42.5 Å². The van der Waals surface area contributed by atoms with Gasteiger partial charge in [-0.15, -0.1) is 0 Å². The molecule has 0 fully saturated rings. The molecule has 0 aliphatic carbocycles. The zero-order chi connectivity index (χ0) is 13.8. The van der Waals surface area contributed by atoms with Crippen LogP contribution >= 0.6 is 0 Å². The Bertz CT molecular complexity index is 611. The molecule has 0 heterocycles. The lowest BCUT2D eigenvalue weighted by atomic mass is 9.99. The standard InChI is InChI=1S/C15H13F2NO/c16-13-4-2-1-3-11(13)12-9-10(5-6-14(12)17)15(19)7-8-18/h1-6,9H,7-8,18H2. The van der Waals surface area contributed by atoms with Gasteiger partial charge in [-0.3, -0.25) is 4.79 Å². The lowest BCUT2D eigenvalue weighted by Gasteiger charge is -2.07. The molecule has 0 radical (unpaired) electrons. The predicted molar refractivity (Wildman–Crippen MR) is 69.8 cm³/mol. The van der Waals surface area contributed by atoms with Gasteiger partial charge in [-0.1, -0.05) is 18.2 Å². The molecule has 0 saturated heterocycles. The summed E-state index contributed by atoms with van der Waals surface area (Å²) in [6.07, 6.45) is 0.183. The van der Waals surface area contributed by atoms with Crippen molar-refractivity contribution in [3.63, 3.8) is 0 Å². The van der Waals surface area contributed by atoms with Gasteiger partial charge < -0.3 is 5.73 Å². The molecule has 2 rings (SSSR count). The number of hydrogen-bond acceptors (Lipinski definition) is 2. The highest BCUT2D eigenvalue weighted by molar-refractivity contribution is 5.97. The highest BCUT2D eigenvalue weighted by atomic mass is 19.1. The van der Waals surface area contributed by atoms with Crippen molar-refractivity contribution >= 4 is 5.78 Å². The molecule has 2 aromatic rings. The van der Waals surface area contributed by atoms with Crippen molar-refractivity contribution < 1.29 is 13.6 Å². The fraction of sp³-hybridized carbons (Fsp3) is 0.133. The third-order valence-corrected chi connectivity index (χ3v) is 2.82. The Morgan fingerprint density at radius 1 is 1.00 bits per heavy atom. The van der Waals surface area contributed by atoms with E-state index in [4.69, 9.17) is 5.73 Å². The van der Waals surface area contributed by atoms with E-state index in [0.29, 0.717) is 5.56 Å². The average molecular weight is 261 g/mol. The molecule has 98 valence electrons. The second-order valence-corrected chi connectivity index (χ2v) is 4.14. The summed E-state index contributed by atoms with van der Waals surface area (Å²) < 4.78 is 27.4. The number of benzene rings is 2. The molecule has 0 spiro atoms. The summed E-state index contributed by atoms with van der Waals surface area (Å²) in [6, 6.07) is 9.80. The van der Waals surface area contributed by atoms with E-state index in [1.807, 2.05) is 0 Å². The zero-order valence-corrected chi connectivity index (χ0v) is 10.2. The molecule has 0 amide bonds. The quantitative estimate of drug-likeness (QED) is 0.859. The highest BCUT2D eigenvalue weighted by Gasteiger charge is 2.13. The smallest absolute Gasteiger partial charge is 0.164 e. The summed E-state index contributed by atoms with van der Waals surface area (Å²) in [6.45, 7) is 0.227. The molecule has 4 heteroatoms. The Morgan fingerprint density at radius 3 is 2.37 bits per heavy atom. The number of hydrogen-bond donors (Lipinski definition) is 1. The Morgan fingerprint density at radius 2 is 1.68 bits per heavy atom. The minimum absolute atomic E-state index is 0.0842. The van der Waals surface area contributed by atoms with Crippen molar-refractivity contribution in [1.29, 1.82) is 0 Å². The monoisotopic (exact) mass is 261 g/mol. The van der Waals surface area contributed by atoms with Gasteiger partial charge in [-0.25, -0.2) is 8.78 Å². The van der Waals surface area contributed by atoms with E-state index in [-0.39, 0.29) is 29.9 Å². The second kappa shape index (κ2) is 5.71. The van der Waals surface area contributed by atoms with Gasteiger partial charge in [-0.2, -0.15) is 0 Å². The van der Waals surface area contributed by atoms with Crippen LogP contribution in [-0.4, -0.2) is 12.3 Å². The van der Waals surface area contributed by atoms with Gasteiger partial charge in [0.2, 0.25) is 0 Å². The van der Waals surface area contributed by atoms with Gasteiger partial charge in [0.1, 0.15) is 11.6 Å². The number of rotatable bonds is 4. The maximum absolute atomic E-state index is 13.8. The largest absolute Gasteiger partial charge is 0.330 e. The van der Waals surface area contributed by atoms with Crippen LogP contribution in [-0.2, 0) is 0 Å². The molecule has 2 nitrogen and oxygen atoms in total. The fourth-order valence-electron chi connectivity index (χ4n) is 1.86. The van der Waals surface area contributed by atoms with E-state index in [1.54, 1.807) is 6.07 Å². The van der Waals surface area contributed by atoms with Crippen LogP contribution in [0, 0.1) is 11.6 Å². The summed E-state index contributed by atoms with van der Waals surface area (Å²) in [7, 11) is 0. The highest BCUT2D eigenvalue weighted by Crippen LogP contribution is 2.26. The van der Waals surface area contributed by atoms with Crippen LogP contribution in [0.4, 0.5) is 8.78 Å². The van der Waals surface area contributed by atoms with Gasteiger partial charge in [0, 0.05) is 23.1 Å². The fourth-order valence-corrected chi connectivity index (χ4v) is 1.86. The first kappa shape index (κ1) is 13.4. The molecule has 0 saturated carbocycles. The number of halogens is 2. The van der Waals surface area contributed by atoms with Crippen LogP contribution < -0.4 is 5.73 Å². The number of carbonyl (C=O) groups is 1. The van der Waals surface area contributed by atoms with E-state index in [2.05, 4.69) is 0 Å². The maximum atomic E-state index is 13.8. The third-order valence-electron chi connectivity index (χ3n) is 2.82. The van der Waals surface area contributed by atoms with Crippen LogP contribution in [0.5, 0.6) is 0 Å². The number of carbonyl (C=O) groups excluding carboxylic acids is 1. The Hall–Kier alpha value is -2.07. The average Bonchev–Trinajstić information content (AvgIpc) is 2.40. The molecule has 19 heavy (non-hydrogen) atoms. The van der Waals surface area contributed by atoms with Crippen LogP contribution in [0.3, 0.4) is 0 Å². The molecule has 2 aromatic carbocycles. The minimum atomic E-state index is -0.561. The normalized spacial score (nSPS) is 10.5. The van der Waals surface area contributed by atoms with Crippen molar-refractivity contribution in [2.24, 2.45) is 5.73 Å². The zero-order valence-electron chi connectivity index (χ0n) is 10.2. The first-order valence-corrected chi connectivity index (χ1v) is 5.91. The van der Waals surface area contributed by atoms with Crippen molar-refractivity contribution in [3.05, 3.63) is 59.7 Å². The van der Waals surface area contributed by atoms with Gasteiger partial charge in [0.25, 0.3) is 0 Å². The topological polar surface area (TPSA) is 43.1 Å². The summed E-state index contributed by atoms with van der Waals surface area (Å²) >= 11 is 0. The number of nitrogens with two attached hydrogens (primary N) is 1. The molecule has 2 N–H and O–H groups in total. The van der Waals surface area contributed by atoms with Crippen molar-refractivity contribution in [2.75, 3.05) is 6.54 Å². The van der Waals surface area contributed by atoms with Crippen molar-refractivity contribution in [1.82, 2.24) is 0 Å². The van der Waals surface area contributed by atoms with Gasteiger partial charge in [0.05, 0.1) is 0 Å². The lowest BCUT2D eigenvalue weighted by molar-refractivity contribution is 0.0985. The van der Waals surface area contributed by atoms with Gasteiger partial charge >= 0.3 is 0 Å². The van der Waals surface area contributed by atoms with E-state index < -0.39 is 11.6 Å². The van der Waals surface area contributed by atoms with Gasteiger partial charge in [-0.05, 0) is 30.8 Å². The number of ketones is 1. The first-order chi connectivity index (χ1) is 9.13. The molecule has 0 bridgehead atoms. The van der Waals surface area contributed by atoms with E-state index >= 15 is 0 Å². The second-order valence-electron chi connectivity index (χ2n) is 4.14. The Labute approximate surface area is 109 Å². The van der Waals surface area contributed by atoms with Crippen LogP contribution in [0.2, 0.25) is 0 Å². The summed E-state index contributed by atoms with van der Waals surface area (Å²) in [5, 5.41) is 0. The predicted octanol–water partition coefficient (Wildman–Crippen LogP) is 3.16. The van der Waals surface area contributed by atoms with Gasteiger partial charge in [0.15, 0.2) is 5.78 Å². The SMILES string of the molecule is NCCC(=O)c1ccc(F)c(-c2ccccc2F)c1. The van der Waals surface area contributed by atoms with E-state index in [0.717, 1.165) is 0 Å². The molecule has 0 unspecified atom stereocenters. The molecular weight excluding hydrogens is 248 g/mol. The Balaban J connectivity index is 2.49. The Kier molecular flexibility index (Phi) is 4.02. The molecule has 0 aliphatic rings. The van der Waals surface area contributed by atoms with Crippen molar-refractivity contribution in [3.8, 4) is 11.1 Å². The minimum Gasteiger partial charge on any atom is -0.330 e. The van der Waals surface area contributed by atoms with Crippen LogP contribution in [0.25, 0.3) is 11.1 Å². The lowest BCUT2D eigenvalue weighted by Crippen LogP contribution is -2.08. The van der Waals surface area contributed by atoms with Crippen LogP contribution in [0.1, 0.15) is 16.8 Å². The summed E-state index contributed by atoms with van der Waals surface area (Å²) in [4.78, 5) is 11.7. The molecule has 0 aromatic heterocycles. The summed E-state index contributed by atoms with van der Waals surface area (Å²) in [5.41, 5.74) is 5.88. The molecule has 0 aliphatic heterocycles. The number of Topliss-reactive ketones (excluding diaryl/α,β-unsaturated/α-hetero) is 1.